The van der Waals surface area contributed by atoms with Gasteiger partial charge in [-0.1, -0.05) is 27.7 Å². The van der Waals surface area contributed by atoms with Crippen molar-refractivity contribution in [3.8, 4) is 0 Å². The molecule has 0 saturated carbocycles. The molecule has 16 heavy (non-hydrogen) atoms. The van der Waals surface area contributed by atoms with Gasteiger partial charge in [-0.25, -0.2) is 0 Å². The number of hydrogen-bond acceptors (Lipinski definition) is 2. The highest BCUT2D eigenvalue weighted by Gasteiger charge is 2.40. The highest BCUT2D eigenvalue weighted by Crippen LogP contribution is 2.46. The molecule has 0 radical (unpaired) electrons. The van der Waals surface area contributed by atoms with Crippen LogP contribution in [0.1, 0.15) is 54.4 Å². The van der Waals surface area contributed by atoms with Crippen molar-refractivity contribution in [2.24, 2.45) is 10.8 Å². The monoisotopic (exact) mass is 227 g/mol. The average Bonchev–Trinajstić information content (AvgIpc) is 2.05. The first-order valence-corrected chi connectivity index (χ1v) is 6.48. The summed E-state index contributed by atoms with van der Waals surface area (Å²) in [6.45, 7) is 16.3. The molecular formula is C14H29NO. The fourth-order valence-electron chi connectivity index (χ4n) is 2.50. The van der Waals surface area contributed by atoms with Gasteiger partial charge in [-0.05, 0) is 50.6 Å². The summed E-state index contributed by atoms with van der Waals surface area (Å²) in [5.41, 5.74) is 0.270. The van der Waals surface area contributed by atoms with Gasteiger partial charge in [-0.15, -0.1) is 0 Å². The number of aliphatic hydroxyl groups is 1. The number of hydrogen-bond donors (Lipinski definition) is 1. The van der Waals surface area contributed by atoms with E-state index in [1.807, 2.05) is 13.8 Å². The van der Waals surface area contributed by atoms with Gasteiger partial charge in [0, 0.05) is 6.54 Å². The minimum absolute atomic E-state index is 0.383. The zero-order valence-electron chi connectivity index (χ0n) is 11.9. The van der Waals surface area contributed by atoms with Gasteiger partial charge >= 0.3 is 0 Å². The molecule has 1 aliphatic heterocycles. The first kappa shape index (κ1) is 14.0. The predicted molar refractivity (Wildman–Crippen MR) is 69.5 cm³/mol. The van der Waals surface area contributed by atoms with Crippen molar-refractivity contribution in [2.45, 2.75) is 60.0 Å². The van der Waals surface area contributed by atoms with Gasteiger partial charge in [0.2, 0.25) is 0 Å². The van der Waals surface area contributed by atoms with Gasteiger partial charge < -0.3 is 10.0 Å². The van der Waals surface area contributed by atoms with E-state index in [9.17, 15) is 5.11 Å². The summed E-state index contributed by atoms with van der Waals surface area (Å²) >= 11 is 0. The van der Waals surface area contributed by atoms with Crippen molar-refractivity contribution < 1.29 is 5.11 Å². The molecule has 0 spiro atoms. The molecule has 0 atom stereocenters. The van der Waals surface area contributed by atoms with Crippen LogP contribution in [0.15, 0.2) is 0 Å². The molecule has 0 bridgehead atoms. The maximum Gasteiger partial charge on any atom is 0.0718 e. The lowest BCUT2D eigenvalue weighted by molar-refractivity contribution is -0.0165. The second-order valence-corrected chi connectivity index (χ2v) is 7.40. The minimum Gasteiger partial charge on any atom is -0.389 e. The summed E-state index contributed by atoms with van der Waals surface area (Å²) in [7, 11) is 0. The van der Waals surface area contributed by atoms with Crippen LogP contribution in [0, 0.1) is 10.8 Å². The molecular weight excluding hydrogens is 198 g/mol. The molecule has 0 aliphatic carbocycles. The Labute approximate surface area is 101 Å². The van der Waals surface area contributed by atoms with E-state index in [0.29, 0.717) is 10.8 Å². The maximum absolute atomic E-state index is 9.82. The van der Waals surface area contributed by atoms with E-state index in [-0.39, 0.29) is 0 Å². The Bertz CT molecular complexity index is 226. The Hall–Kier alpha value is -0.0800. The molecule has 0 aromatic heterocycles. The predicted octanol–water partition coefficient (Wildman–Crippen LogP) is 2.91. The molecule has 1 rings (SSSR count). The van der Waals surface area contributed by atoms with Crippen LogP contribution in [0.25, 0.3) is 0 Å². The zero-order chi connectivity index (χ0) is 12.6. The second-order valence-electron chi connectivity index (χ2n) is 7.40. The Kier molecular flexibility index (Phi) is 3.76. The molecule has 96 valence electrons. The van der Waals surface area contributed by atoms with Crippen molar-refractivity contribution in [3.63, 3.8) is 0 Å². The first-order chi connectivity index (χ1) is 7.04. The Morgan fingerprint density at radius 1 is 1.06 bits per heavy atom. The van der Waals surface area contributed by atoms with Crippen LogP contribution in [-0.2, 0) is 0 Å². The van der Waals surface area contributed by atoms with E-state index in [0.717, 1.165) is 19.6 Å². The molecule has 0 aromatic carbocycles. The van der Waals surface area contributed by atoms with Crippen molar-refractivity contribution in [3.05, 3.63) is 0 Å². The van der Waals surface area contributed by atoms with Crippen LogP contribution >= 0.6 is 0 Å². The van der Waals surface area contributed by atoms with Crippen LogP contribution in [0.2, 0.25) is 0 Å². The smallest absolute Gasteiger partial charge is 0.0718 e. The van der Waals surface area contributed by atoms with E-state index in [1.165, 1.54) is 12.8 Å². The number of rotatable bonds is 2. The fourth-order valence-corrected chi connectivity index (χ4v) is 2.50. The number of piperidine rings is 1. The Balaban J connectivity index is 2.52. The van der Waals surface area contributed by atoms with E-state index in [4.69, 9.17) is 0 Å². The van der Waals surface area contributed by atoms with E-state index in [1.54, 1.807) is 0 Å². The van der Waals surface area contributed by atoms with Crippen molar-refractivity contribution >= 4 is 0 Å². The first-order valence-electron chi connectivity index (χ1n) is 6.48. The Morgan fingerprint density at radius 3 is 1.81 bits per heavy atom. The van der Waals surface area contributed by atoms with Crippen molar-refractivity contribution in [1.29, 1.82) is 0 Å². The van der Waals surface area contributed by atoms with Crippen LogP contribution in [0.5, 0.6) is 0 Å². The summed E-state index contributed by atoms with van der Waals surface area (Å²) in [5.74, 6) is 0. The molecule has 0 unspecified atom stereocenters. The summed E-state index contributed by atoms with van der Waals surface area (Å²) in [6.07, 6.45) is 2.49. The molecule has 2 heteroatoms. The highest BCUT2D eigenvalue weighted by atomic mass is 16.3. The Morgan fingerprint density at radius 2 is 1.50 bits per heavy atom. The van der Waals surface area contributed by atoms with Gasteiger partial charge in [-0.3, -0.25) is 0 Å². The van der Waals surface area contributed by atoms with Gasteiger partial charge in [0.05, 0.1) is 5.60 Å². The lowest BCUT2D eigenvalue weighted by Crippen LogP contribution is -2.48. The van der Waals surface area contributed by atoms with Crippen LogP contribution < -0.4 is 0 Å². The van der Waals surface area contributed by atoms with Crippen molar-refractivity contribution in [1.82, 2.24) is 4.90 Å². The minimum atomic E-state index is -0.560. The molecule has 1 fully saturated rings. The third kappa shape index (κ3) is 3.46. The molecule has 1 N–H and O–H groups in total. The number of likely N-dealkylation sites (tertiary alicyclic amines) is 1. The van der Waals surface area contributed by atoms with Gasteiger partial charge in [0.1, 0.15) is 0 Å². The third-order valence-corrected chi connectivity index (χ3v) is 4.38. The fraction of sp³-hybridized carbons (Fsp3) is 1.00. The topological polar surface area (TPSA) is 23.5 Å². The van der Waals surface area contributed by atoms with E-state index >= 15 is 0 Å². The number of β-amino-alcohol motifs (C(OH)–C–C–N with tert-alkyl or cyclic N) is 1. The molecule has 1 heterocycles. The van der Waals surface area contributed by atoms with Crippen LogP contribution in [0.4, 0.5) is 0 Å². The lowest BCUT2D eigenvalue weighted by Gasteiger charge is -2.48. The van der Waals surface area contributed by atoms with Crippen molar-refractivity contribution in [2.75, 3.05) is 19.6 Å². The SMILES string of the molecule is CC(C)(O)CN1CCC(C)(C(C)(C)C)CC1. The van der Waals surface area contributed by atoms with Crippen LogP contribution in [0.3, 0.4) is 0 Å². The lowest BCUT2D eigenvalue weighted by atomic mass is 9.63. The second kappa shape index (κ2) is 4.30. The molecule has 1 aliphatic rings. The molecule has 0 amide bonds. The van der Waals surface area contributed by atoms with E-state index < -0.39 is 5.60 Å². The quantitative estimate of drug-likeness (QED) is 0.784. The van der Waals surface area contributed by atoms with Gasteiger partial charge in [0.25, 0.3) is 0 Å². The molecule has 0 aromatic rings. The molecule has 2 nitrogen and oxygen atoms in total. The number of nitrogens with zero attached hydrogens (tertiary/aromatic N) is 1. The van der Waals surface area contributed by atoms with Gasteiger partial charge in [-0.2, -0.15) is 0 Å². The normalized spacial score (nSPS) is 23.4. The third-order valence-electron chi connectivity index (χ3n) is 4.38. The van der Waals surface area contributed by atoms with Gasteiger partial charge in [0.15, 0.2) is 0 Å². The standard InChI is InChI=1S/C14H29NO/c1-12(2,3)14(6)7-9-15(10-8-14)11-13(4,5)16/h16H,7-11H2,1-6H3. The maximum atomic E-state index is 9.82. The highest BCUT2D eigenvalue weighted by molar-refractivity contribution is 4.91. The molecule has 1 saturated heterocycles. The summed E-state index contributed by atoms with van der Waals surface area (Å²) < 4.78 is 0. The average molecular weight is 227 g/mol. The zero-order valence-corrected chi connectivity index (χ0v) is 11.9. The summed E-state index contributed by atoms with van der Waals surface area (Å²) in [4.78, 5) is 2.40. The largest absolute Gasteiger partial charge is 0.389 e. The van der Waals surface area contributed by atoms with Crippen LogP contribution in [-0.4, -0.2) is 35.2 Å². The summed E-state index contributed by atoms with van der Waals surface area (Å²) in [6, 6.07) is 0. The van der Waals surface area contributed by atoms with E-state index in [2.05, 4.69) is 32.6 Å². The summed E-state index contributed by atoms with van der Waals surface area (Å²) in [5, 5.41) is 9.82.